The second-order valence-electron chi connectivity index (χ2n) is 7.04. The van der Waals surface area contributed by atoms with Crippen molar-refractivity contribution in [2.45, 2.75) is 44.8 Å². The van der Waals surface area contributed by atoms with Gasteiger partial charge in [-0.25, -0.2) is 4.79 Å². The molecule has 1 saturated heterocycles. The number of ether oxygens (including phenoxy) is 1. The van der Waals surface area contributed by atoms with E-state index in [1.165, 1.54) is 0 Å². The van der Waals surface area contributed by atoms with Crippen molar-refractivity contribution in [3.63, 3.8) is 0 Å². The highest BCUT2D eigenvalue weighted by molar-refractivity contribution is 7.85. The predicted molar refractivity (Wildman–Crippen MR) is 91.3 cm³/mol. The van der Waals surface area contributed by atoms with E-state index in [2.05, 4.69) is 0 Å². The van der Waals surface area contributed by atoms with Crippen LogP contribution in [-0.4, -0.2) is 50.5 Å². The van der Waals surface area contributed by atoms with Gasteiger partial charge in [0.05, 0.1) is 18.9 Å². The first-order valence-electron chi connectivity index (χ1n) is 7.96. The molecule has 1 aromatic rings. The van der Waals surface area contributed by atoms with Gasteiger partial charge in [0.15, 0.2) is 0 Å². The highest BCUT2D eigenvalue weighted by Crippen LogP contribution is 2.34. The Morgan fingerprint density at radius 1 is 1.25 bits per heavy atom. The molecule has 0 radical (unpaired) electrons. The normalized spacial score (nSPS) is 21.8. The van der Waals surface area contributed by atoms with Gasteiger partial charge >= 0.3 is 6.09 Å². The smallest absolute Gasteiger partial charge is 0.410 e. The van der Waals surface area contributed by atoms with E-state index in [1.54, 1.807) is 25.7 Å². The number of rotatable bonds is 4. The SMILES string of the molecule is CC(C)(C)OC(=O)N1CC[C@@H](c2ccccc2)[C@H]1COS(C)(=O)=O. The van der Waals surface area contributed by atoms with E-state index in [0.29, 0.717) is 6.54 Å². The summed E-state index contributed by atoms with van der Waals surface area (Å²) in [5.41, 5.74) is 0.454. The summed E-state index contributed by atoms with van der Waals surface area (Å²) in [7, 11) is -3.58. The molecule has 0 aromatic heterocycles. The Hall–Kier alpha value is -1.60. The molecular weight excluding hydrogens is 330 g/mol. The number of likely N-dealkylation sites (tertiary alicyclic amines) is 1. The average molecular weight is 355 g/mol. The summed E-state index contributed by atoms with van der Waals surface area (Å²) >= 11 is 0. The fourth-order valence-corrected chi connectivity index (χ4v) is 3.28. The molecule has 1 fully saturated rings. The van der Waals surface area contributed by atoms with Gasteiger partial charge in [-0.2, -0.15) is 8.42 Å². The number of nitrogens with zero attached hydrogens (tertiary/aromatic N) is 1. The van der Waals surface area contributed by atoms with Gasteiger partial charge in [0.1, 0.15) is 5.60 Å². The van der Waals surface area contributed by atoms with Crippen LogP contribution in [0.2, 0.25) is 0 Å². The highest BCUT2D eigenvalue weighted by Gasteiger charge is 2.40. The lowest BCUT2D eigenvalue weighted by atomic mass is 9.92. The molecular formula is C17H25NO5S. The molecule has 24 heavy (non-hydrogen) atoms. The topological polar surface area (TPSA) is 72.9 Å². The molecule has 1 amide bonds. The van der Waals surface area contributed by atoms with E-state index >= 15 is 0 Å². The van der Waals surface area contributed by atoms with Gasteiger partial charge in [0, 0.05) is 12.5 Å². The summed E-state index contributed by atoms with van der Waals surface area (Å²) in [6, 6.07) is 9.37. The molecule has 0 bridgehead atoms. The molecule has 0 unspecified atom stereocenters. The van der Waals surface area contributed by atoms with Crippen molar-refractivity contribution >= 4 is 16.2 Å². The summed E-state index contributed by atoms with van der Waals surface area (Å²) in [5.74, 6) is 0.0143. The fourth-order valence-electron chi connectivity index (χ4n) is 2.89. The first-order chi connectivity index (χ1) is 11.1. The molecule has 0 aliphatic carbocycles. The quantitative estimate of drug-likeness (QED) is 0.777. The van der Waals surface area contributed by atoms with Crippen LogP contribution in [0.4, 0.5) is 4.79 Å². The van der Waals surface area contributed by atoms with Crippen LogP contribution in [0, 0.1) is 0 Å². The zero-order valence-corrected chi connectivity index (χ0v) is 15.4. The lowest BCUT2D eigenvalue weighted by molar-refractivity contribution is 0.0180. The first kappa shape index (κ1) is 18.7. The first-order valence-corrected chi connectivity index (χ1v) is 9.77. The molecule has 7 heteroatoms. The number of amides is 1. The zero-order chi connectivity index (χ0) is 18.0. The standard InChI is InChI=1S/C17H25NO5S/c1-17(2,3)23-16(19)18-11-10-14(13-8-6-5-7-9-13)15(18)12-22-24(4,20)21/h5-9,14-15H,10-12H2,1-4H3/t14-,15+/m0/s1. The van der Waals surface area contributed by atoms with Crippen LogP contribution < -0.4 is 0 Å². The van der Waals surface area contributed by atoms with E-state index in [9.17, 15) is 13.2 Å². The second-order valence-corrected chi connectivity index (χ2v) is 8.68. The minimum absolute atomic E-state index is 0.0143. The van der Waals surface area contributed by atoms with E-state index < -0.39 is 21.8 Å². The molecule has 2 rings (SSSR count). The minimum atomic E-state index is -3.58. The maximum absolute atomic E-state index is 12.5. The van der Waals surface area contributed by atoms with Gasteiger partial charge in [-0.05, 0) is 32.8 Å². The molecule has 0 N–H and O–H groups in total. The van der Waals surface area contributed by atoms with Gasteiger partial charge in [0.2, 0.25) is 0 Å². The number of hydrogen-bond donors (Lipinski definition) is 0. The highest BCUT2D eigenvalue weighted by atomic mass is 32.2. The van der Waals surface area contributed by atoms with Crippen molar-refractivity contribution in [3.05, 3.63) is 35.9 Å². The van der Waals surface area contributed by atoms with Crippen molar-refractivity contribution < 1.29 is 22.1 Å². The Kier molecular flexibility index (Phi) is 5.55. The average Bonchev–Trinajstić information content (AvgIpc) is 2.87. The van der Waals surface area contributed by atoms with Crippen LogP contribution >= 0.6 is 0 Å². The largest absolute Gasteiger partial charge is 0.444 e. The summed E-state index contributed by atoms with van der Waals surface area (Å²) in [6.45, 7) is 5.84. The lowest BCUT2D eigenvalue weighted by Crippen LogP contribution is -2.43. The van der Waals surface area contributed by atoms with Crippen molar-refractivity contribution in [2.75, 3.05) is 19.4 Å². The summed E-state index contributed by atoms with van der Waals surface area (Å²) in [4.78, 5) is 14.0. The Balaban J connectivity index is 2.22. The zero-order valence-electron chi connectivity index (χ0n) is 14.6. The number of carbonyl (C=O) groups is 1. The van der Waals surface area contributed by atoms with Crippen LogP contribution in [-0.2, 0) is 19.0 Å². The number of hydrogen-bond acceptors (Lipinski definition) is 5. The van der Waals surface area contributed by atoms with Gasteiger partial charge in [-0.15, -0.1) is 0 Å². The molecule has 0 spiro atoms. The maximum Gasteiger partial charge on any atom is 0.410 e. The summed E-state index contributed by atoms with van der Waals surface area (Å²) in [5, 5.41) is 0. The summed E-state index contributed by atoms with van der Waals surface area (Å²) < 4.78 is 33.2. The Bertz CT molecular complexity index is 666. The van der Waals surface area contributed by atoms with Crippen LogP contribution in [0.25, 0.3) is 0 Å². The molecule has 2 atom stereocenters. The van der Waals surface area contributed by atoms with E-state index in [0.717, 1.165) is 18.2 Å². The lowest BCUT2D eigenvalue weighted by Gasteiger charge is -2.30. The van der Waals surface area contributed by atoms with Gasteiger partial charge in [-0.3, -0.25) is 4.18 Å². The molecule has 1 aliphatic rings. The molecule has 6 nitrogen and oxygen atoms in total. The third-order valence-electron chi connectivity index (χ3n) is 3.85. The molecule has 1 aromatic carbocycles. The van der Waals surface area contributed by atoms with E-state index in [1.807, 2.05) is 30.3 Å². The van der Waals surface area contributed by atoms with Gasteiger partial charge in [-0.1, -0.05) is 30.3 Å². The van der Waals surface area contributed by atoms with Crippen LogP contribution in [0.3, 0.4) is 0 Å². The predicted octanol–water partition coefficient (Wildman–Crippen LogP) is 2.76. The van der Waals surface area contributed by atoms with Crippen molar-refractivity contribution in [1.82, 2.24) is 4.90 Å². The van der Waals surface area contributed by atoms with Crippen molar-refractivity contribution in [3.8, 4) is 0 Å². The van der Waals surface area contributed by atoms with Crippen LogP contribution in [0.5, 0.6) is 0 Å². The Morgan fingerprint density at radius 3 is 2.42 bits per heavy atom. The van der Waals surface area contributed by atoms with Gasteiger partial charge < -0.3 is 9.64 Å². The van der Waals surface area contributed by atoms with Crippen LogP contribution in [0.15, 0.2) is 30.3 Å². The third kappa shape index (κ3) is 5.21. The van der Waals surface area contributed by atoms with Crippen molar-refractivity contribution in [1.29, 1.82) is 0 Å². The molecule has 1 aliphatic heterocycles. The molecule has 0 saturated carbocycles. The number of benzene rings is 1. The minimum Gasteiger partial charge on any atom is -0.444 e. The summed E-state index contributed by atoms with van der Waals surface area (Å²) in [6.07, 6.45) is 1.31. The van der Waals surface area contributed by atoms with E-state index in [-0.39, 0.29) is 18.6 Å². The Morgan fingerprint density at radius 2 is 1.88 bits per heavy atom. The van der Waals surface area contributed by atoms with Crippen molar-refractivity contribution in [2.24, 2.45) is 0 Å². The van der Waals surface area contributed by atoms with E-state index in [4.69, 9.17) is 8.92 Å². The second kappa shape index (κ2) is 7.11. The third-order valence-corrected chi connectivity index (χ3v) is 4.42. The number of carbonyl (C=O) groups excluding carboxylic acids is 1. The molecule has 134 valence electrons. The fraction of sp³-hybridized carbons (Fsp3) is 0.588. The maximum atomic E-state index is 12.5. The molecule has 1 heterocycles. The van der Waals surface area contributed by atoms with Crippen LogP contribution in [0.1, 0.15) is 38.7 Å². The Labute approximate surface area is 143 Å². The van der Waals surface area contributed by atoms with Gasteiger partial charge in [0.25, 0.3) is 10.1 Å². The monoisotopic (exact) mass is 355 g/mol.